The van der Waals surface area contributed by atoms with E-state index in [1.54, 1.807) is 0 Å². The standard InChI is InChI=1S/C24H30BrCl2NO2/c1-2-29-23-14-17(15-28-18-9-6-4-3-5-7-10-18)13-20(25)24(23)30-16-19-21(26)11-8-12-22(19)27/h8,11-14,18,28H,2-7,9-10,15-16H2,1H3. The van der Waals surface area contributed by atoms with Gasteiger partial charge >= 0.3 is 0 Å². The van der Waals surface area contributed by atoms with Gasteiger partial charge in [0.1, 0.15) is 6.61 Å². The lowest BCUT2D eigenvalue weighted by Gasteiger charge is -2.22. The van der Waals surface area contributed by atoms with Gasteiger partial charge in [-0.15, -0.1) is 0 Å². The summed E-state index contributed by atoms with van der Waals surface area (Å²) >= 11 is 16.2. The van der Waals surface area contributed by atoms with Gasteiger partial charge in [0.2, 0.25) is 0 Å². The number of ether oxygens (including phenoxy) is 2. The second kappa shape index (κ2) is 12.2. The van der Waals surface area contributed by atoms with Crippen LogP contribution in [-0.2, 0) is 13.2 Å². The van der Waals surface area contributed by atoms with Crippen LogP contribution in [0.4, 0.5) is 0 Å². The molecule has 3 nitrogen and oxygen atoms in total. The summed E-state index contributed by atoms with van der Waals surface area (Å²) in [6, 6.07) is 10.2. The van der Waals surface area contributed by atoms with E-state index in [2.05, 4.69) is 33.4 Å². The van der Waals surface area contributed by atoms with Crippen LogP contribution >= 0.6 is 39.1 Å². The van der Waals surface area contributed by atoms with Crippen molar-refractivity contribution in [1.29, 1.82) is 0 Å². The van der Waals surface area contributed by atoms with Crippen LogP contribution in [0.25, 0.3) is 0 Å². The van der Waals surface area contributed by atoms with Crippen molar-refractivity contribution in [2.75, 3.05) is 6.61 Å². The molecule has 0 bridgehead atoms. The van der Waals surface area contributed by atoms with Gasteiger partial charge in [-0.3, -0.25) is 0 Å². The lowest BCUT2D eigenvalue weighted by atomic mass is 9.96. The van der Waals surface area contributed by atoms with Crippen molar-refractivity contribution in [3.05, 3.63) is 56.0 Å². The second-order valence-electron chi connectivity index (χ2n) is 7.75. The summed E-state index contributed by atoms with van der Waals surface area (Å²) in [6.07, 6.45) is 9.28. The first-order valence-corrected chi connectivity index (χ1v) is 12.4. The van der Waals surface area contributed by atoms with Crippen LogP contribution in [0.5, 0.6) is 11.5 Å². The van der Waals surface area contributed by atoms with Crippen molar-refractivity contribution in [1.82, 2.24) is 5.32 Å². The van der Waals surface area contributed by atoms with E-state index in [0.717, 1.165) is 22.3 Å². The molecule has 0 heterocycles. The fourth-order valence-corrected chi connectivity index (χ4v) is 4.97. The van der Waals surface area contributed by atoms with Crippen molar-refractivity contribution >= 4 is 39.1 Å². The number of halogens is 3. The van der Waals surface area contributed by atoms with E-state index in [1.807, 2.05) is 25.1 Å². The summed E-state index contributed by atoms with van der Waals surface area (Å²) in [4.78, 5) is 0. The van der Waals surface area contributed by atoms with Crippen LogP contribution in [0.1, 0.15) is 63.0 Å². The molecule has 1 aliphatic rings. The smallest absolute Gasteiger partial charge is 0.175 e. The van der Waals surface area contributed by atoms with Crippen LogP contribution in [0, 0.1) is 0 Å². The first-order chi connectivity index (χ1) is 14.6. The fourth-order valence-electron chi connectivity index (χ4n) is 3.86. The van der Waals surface area contributed by atoms with Crippen molar-refractivity contribution in [3.63, 3.8) is 0 Å². The molecule has 0 radical (unpaired) electrons. The SMILES string of the molecule is CCOc1cc(CNC2CCCCCCC2)cc(Br)c1OCc1c(Cl)cccc1Cl. The van der Waals surface area contributed by atoms with Gasteiger partial charge in [0.15, 0.2) is 11.5 Å². The Labute approximate surface area is 198 Å². The third-order valence-corrected chi connectivity index (χ3v) is 6.79. The summed E-state index contributed by atoms with van der Waals surface area (Å²) in [5, 5.41) is 4.93. The molecule has 0 atom stereocenters. The average Bonchev–Trinajstić information content (AvgIpc) is 2.68. The molecule has 1 N–H and O–H groups in total. The zero-order valence-electron chi connectivity index (χ0n) is 17.5. The third-order valence-electron chi connectivity index (χ3n) is 5.49. The van der Waals surface area contributed by atoms with Gasteiger partial charge in [-0.05, 0) is 65.5 Å². The van der Waals surface area contributed by atoms with E-state index in [1.165, 1.54) is 50.5 Å². The van der Waals surface area contributed by atoms with Gasteiger partial charge in [-0.25, -0.2) is 0 Å². The quantitative estimate of drug-likeness (QED) is 0.387. The number of nitrogens with one attached hydrogen (secondary N) is 1. The summed E-state index contributed by atoms with van der Waals surface area (Å²) in [6.45, 7) is 3.63. The van der Waals surface area contributed by atoms with Crippen molar-refractivity contribution in [2.24, 2.45) is 0 Å². The zero-order valence-corrected chi connectivity index (χ0v) is 20.6. The molecule has 1 aliphatic carbocycles. The molecule has 0 unspecified atom stereocenters. The minimum atomic E-state index is 0.275. The molecule has 1 saturated carbocycles. The molecule has 30 heavy (non-hydrogen) atoms. The lowest BCUT2D eigenvalue weighted by molar-refractivity contribution is 0.267. The Morgan fingerprint density at radius 1 is 1.00 bits per heavy atom. The number of hydrogen-bond acceptors (Lipinski definition) is 3. The first-order valence-electron chi connectivity index (χ1n) is 10.8. The molecular formula is C24H30BrCl2NO2. The summed E-state index contributed by atoms with van der Waals surface area (Å²) < 4.78 is 12.8. The van der Waals surface area contributed by atoms with Crippen molar-refractivity contribution < 1.29 is 9.47 Å². The highest BCUT2D eigenvalue weighted by Crippen LogP contribution is 2.38. The number of rotatable bonds is 8. The Hall–Kier alpha value is -0.940. The molecule has 2 aromatic carbocycles. The fraction of sp³-hybridized carbons (Fsp3) is 0.500. The van der Waals surface area contributed by atoms with E-state index >= 15 is 0 Å². The molecule has 1 fully saturated rings. The Morgan fingerprint density at radius 3 is 2.33 bits per heavy atom. The van der Waals surface area contributed by atoms with E-state index in [-0.39, 0.29) is 6.61 Å². The van der Waals surface area contributed by atoms with Gasteiger partial charge in [0.25, 0.3) is 0 Å². The molecule has 2 aromatic rings. The molecule has 0 spiro atoms. The number of hydrogen-bond donors (Lipinski definition) is 1. The minimum absolute atomic E-state index is 0.275. The minimum Gasteiger partial charge on any atom is -0.490 e. The topological polar surface area (TPSA) is 30.5 Å². The largest absolute Gasteiger partial charge is 0.490 e. The molecule has 0 amide bonds. The molecular weight excluding hydrogens is 485 g/mol. The Balaban J connectivity index is 1.70. The maximum Gasteiger partial charge on any atom is 0.175 e. The first kappa shape index (κ1) is 23.7. The van der Waals surface area contributed by atoms with Gasteiger partial charge in [0, 0.05) is 28.2 Å². The highest BCUT2D eigenvalue weighted by molar-refractivity contribution is 9.10. The van der Waals surface area contributed by atoms with Crippen LogP contribution in [-0.4, -0.2) is 12.6 Å². The molecule has 3 rings (SSSR count). The van der Waals surface area contributed by atoms with Gasteiger partial charge in [-0.2, -0.15) is 0 Å². The van der Waals surface area contributed by atoms with Crippen molar-refractivity contribution in [2.45, 2.75) is 71.1 Å². The number of benzene rings is 2. The average molecular weight is 515 g/mol. The molecule has 0 saturated heterocycles. The van der Waals surface area contributed by atoms with Crippen LogP contribution in [0.3, 0.4) is 0 Å². The van der Waals surface area contributed by atoms with Crippen LogP contribution in [0.2, 0.25) is 10.0 Å². The van der Waals surface area contributed by atoms with Gasteiger partial charge < -0.3 is 14.8 Å². The Bertz CT molecular complexity index is 803. The van der Waals surface area contributed by atoms with Crippen molar-refractivity contribution in [3.8, 4) is 11.5 Å². The van der Waals surface area contributed by atoms with Gasteiger partial charge in [-0.1, -0.05) is 61.4 Å². The maximum absolute atomic E-state index is 6.28. The molecule has 6 heteroatoms. The summed E-state index contributed by atoms with van der Waals surface area (Å²) in [5.41, 5.74) is 1.95. The second-order valence-corrected chi connectivity index (χ2v) is 9.42. The Morgan fingerprint density at radius 2 is 1.67 bits per heavy atom. The monoisotopic (exact) mass is 513 g/mol. The Kier molecular flexibility index (Phi) is 9.64. The highest BCUT2D eigenvalue weighted by atomic mass is 79.9. The van der Waals surface area contributed by atoms with Crippen LogP contribution < -0.4 is 14.8 Å². The van der Waals surface area contributed by atoms with Gasteiger partial charge in [0.05, 0.1) is 11.1 Å². The maximum atomic E-state index is 6.28. The lowest BCUT2D eigenvalue weighted by Crippen LogP contribution is -2.29. The molecule has 0 aromatic heterocycles. The molecule has 0 aliphatic heterocycles. The summed E-state index contributed by atoms with van der Waals surface area (Å²) in [5.74, 6) is 1.40. The predicted octanol–water partition coefficient (Wildman–Crippen LogP) is 7.94. The normalized spacial score (nSPS) is 15.5. The highest BCUT2D eigenvalue weighted by Gasteiger charge is 2.16. The molecule has 164 valence electrons. The van der Waals surface area contributed by atoms with E-state index in [4.69, 9.17) is 32.7 Å². The predicted molar refractivity (Wildman–Crippen MR) is 129 cm³/mol. The van der Waals surface area contributed by atoms with E-state index < -0.39 is 0 Å². The third kappa shape index (κ3) is 6.78. The summed E-state index contributed by atoms with van der Waals surface area (Å²) in [7, 11) is 0. The van der Waals surface area contributed by atoms with Crippen LogP contribution in [0.15, 0.2) is 34.8 Å². The zero-order chi connectivity index (χ0) is 21.3. The van der Waals surface area contributed by atoms with E-state index in [9.17, 15) is 0 Å². The van der Waals surface area contributed by atoms with E-state index in [0.29, 0.717) is 28.4 Å².